The molecule has 0 spiro atoms. The number of para-hydroxylation sites is 2. The molecule has 0 bridgehead atoms. The van der Waals surface area contributed by atoms with Crippen LogP contribution in [-0.2, 0) is 11.0 Å². The van der Waals surface area contributed by atoms with Gasteiger partial charge in [-0.15, -0.1) is 0 Å². The van der Waals surface area contributed by atoms with Gasteiger partial charge in [0.2, 0.25) is 5.88 Å². The minimum Gasteiger partial charge on any atom is -0.467 e. The molecular weight excluding hydrogens is 395 g/mol. The average Bonchev–Trinajstić information content (AvgIpc) is 3.07. The summed E-state index contributed by atoms with van der Waals surface area (Å²) < 4.78 is 45.5. The van der Waals surface area contributed by atoms with Gasteiger partial charge in [0.05, 0.1) is 10.7 Å². The minimum absolute atomic E-state index is 0.188. The van der Waals surface area contributed by atoms with Crippen molar-refractivity contribution in [3.8, 4) is 11.6 Å². The minimum atomic E-state index is -4.67. The number of carbonyl (C=O) groups excluding carboxylic acids is 1. The number of rotatable bonds is 5. The lowest BCUT2D eigenvalue weighted by molar-refractivity contribution is -0.141. The van der Waals surface area contributed by atoms with Gasteiger partial charge in [0.15, 0.2) is 12.3 Å². The Kier molecular flexibility index (Phi) is 5.60. The number of aromatic nitrogens is 2. The third-order valence-corrected chi connectivity index (χ3v) is 4.14. The standard InChI is InChI=1S/C19H15ClF3N3O2/c1-12-6-2-4-8-14(12)24-17(27)11-28-18-10-16(19(21,22)23)25-26(18)15-9-5-3-7-13(15)20/h2-10H,11H2,1H3,(H,24,27). The maximum absolute atomic E-state index is 13.1. The lowest BCUT2D eigenvalue weighted by Gasteiger charge is -2.11. The van der Waals surface area contributed by atoms with Crippen LogP contribution in [0.25, 0.3) is 5.69 Å². The molecule has 2 aromatic carbocycles. The highest BCUT2D eigenvalue weighted by atomic mass is 35.5. The number of amides is 1. The first-order chi connectivity index (χ1) is 13.3. The van der Waals surface area contributed by atoms with Gasteiger partial charge in [0.25, 0.3) is 5.91 Å². The van der Waals surface area contributed by atoms with Crippen molar-refractivity contribution in [3.63, 3.8) is 0 Å². The van der Waals surface area contributed by atoms with Crippen LogP contribution in [0, 0.1) is 6.92 Å². The second kappa shape index (κ2) is 7.93. The van der Waals surface area contributed by atoms with E-state index in [1.807, 2.05) is 19.1 Å². The summed E-state index contributed by atoms with van der Waals surface area (Å²) in [6, 6.07) is 14.1. The maximum atomic E-state index is 13.1. The molecule has 0 saturated carbocycles. The van der Waals surface area contributed by atoms with Crippen LogP contribution in [-0.4, -0.2) is 22.3 Å². The first kappa shape index (κ1) is 19.8. The van der Waals surface area contributed by atoms with Gasteiger partial charge in [-0.3, -0.25) is 4.79 Å². The molecule has 0 unspecified atom stereocenters. The zero-order valence-electron chi connectivity index (χ0n) is 14.6. The second-order valence-electron chi connectivity index (χ2n) is 5.88. The third kappa shape index (κ3) is 4.45. The number of ether oxygens (including phenoxy) is 1. The van der Waals surface area contributed by atoms with E-state index in [9.17, 15) is 18.0 Å². The Labute approximate surface area is 163 Å². The van der Waals surface area contributed by atoms with E-state index < -0.39 is 24.4 Å². The van der Waals surface area contributed by atoms with Gasteiger partial charge in [-0.2, -0.15) is 23.0 Å². The van der Waals surface area contributed by atoms with E-state index in [-0.39, 0.29) is 16.6 Å². The van der Waals surface area contributed by atoms with E-state index in [1.54, 1.807) is 24.3 Å². The van der Waals surface area contributed by atoms with E-state index in [2.05, 4.69) is 10.4 Å². The van der Waals surface area contributed by atoms with Crippen molar-refractivity contribution in [1.29, 1.82) is 0 Å². The molecule has 5 nitrogen and oxygen atoms in total. The van der Waals surface area contributed by atoms with E-state index in [1.165, 1.54) is 12.1 Å². The van der Waals surface area contributed by atoms with E-state index in [0.717, 1.165) is 16.3 Å². The second-order valence-corrected chi connectivity index (χ2v) is 6.29. The van der Waals surface area contributed by atoms with Crippen LogP contribution in [0.1, 0.15) is 11.3 Å². The number of anilines is 1. The lowest BCUT2D eigenvalue weighted by atomic mass is 10.2. The van der Waals surface area contributed by atoms with Crippen molar-refractivity contribution in [1.82, 2.24) is 9.78 Å². The summed E-state index contributed by atoms with van der Waals surface area (Å²) in [4.78, 5) is 12.1. The van der Waals surface area contributed by atoms with Crippen molar-refractivity contribution in [2.75, 3.05) is 11.9 Å². The number of hydrogen-bond acceptors (Lipinski definition) is 3. The van der Waals surface area contributed by atoms with Crippen LogP contribution in [0.3, 0.4) is 0 Å². The molecule has 0 saturated heterocycles. The molecule has 3 aromatic rings. The average molecular weight is 410 g/mol. The van der Waals surface area contributed by atoms with E-state index >= 15 is 0 Å². The molecule has 0 fully saturated rings. The smallest absolute Gasteiger partial charge is 0.435 e. The van der Waals surface area contributed by atoms with Crippen LogP contribution in [0.5, 0.6) is 5.88 Å². The molecule has 9 heteroatoms. The molecule has 1 heterocycles. The fourth-order valence-corrected chi connectivity index (χ4v) is 2.66. The van der Waals surface area contributed by atoms with Crippen molar-refractivity contribution < 1.29 is 22.7 Å². The molecule has 1 aromatic heterocycles. The third-order valence-electron chi connectivity index (χ3n) is 3.82. The van der Waals surface area contributed by atoms with Gasteiger partial charge in [0.1, 0.15) is 0 Å². The van der Waals surface area contributed by atoms with Gasteiger partial charge in [-0.05, 0) is 30.7 Å². The zero-order valence-corrected chi connectivity index (χ0v) is 15.4. The van der Waals surface area contributed by atoms with Crippen LogP contribution in [0.4, 0.5) is 18.9 Å². The molecule has 0 aliphatic heterocycles. The Morgan fingerprint density at radius 3 is 2.54 bits per heavy atom. The van der Waals surface area contributed by atoms with Crippen molar-refractivity contribution >= 4 is 23.2 Å². The maximum Gasteiger partial charge on any atom is 0.435 e. The number of halogens is 4. The predicted molar refractivity (Wildman–Crippen MR) is 98.9 cm³/mol. The SMILES string of the molecule is Cc1ccccc1NC(=O)COc1cc(C(F)(F)F)nn1-c1ccccc1Cl. The van der Waals surface area contributed by atoms with E-state index in [0.29, 0.717) is 5.69 Å². The molecule has 3 rings (SSSR count). The van der Waals surface area contributed by atoms with Crippen molar-refractivity contribution in [3.05, 3.63) is 70.9 Å². The van der Waals surface area contributed by atoms with Crippen LogP contribution < -0.4 is 10.1 Å². The summed E-state index contributed by atoms with van der Waals surface area (Å²) in [7, 11) is 0. The molecule has 1 N–H and O–H groups in total. The molecule has 1 amide bonds. The quantitative estimate of drug-likeness (QED) is 0.654. The fourth-order valence-electron chi connectivity index (χ4n) is 2.44. The molecule has 0 aliphatic carbocycles. The molecular formula is C19H15ClF3N3O2. The Hall–Kier alpha value is -3.00. The van der Waals surface area contributed by atoms with Crippen molar-refractivity contribution in [2.24, 2.45) is 0 Å². The Balaban J connectivity index is 1.83. The van der Waals surface area contributed by atoms with Gasteiger partial charge in [-0.1, -0.05) is 41.9 Å². The number of nitrogens with one attached hydrogen (secondary N) is 1. The highest BCUT2D eigenvalue weighted by molar-refractivity contribution is 6.32. The summed E-state index contributed by atoms with van der Waals surface area (Å²) >= 11 is 6.06. The largest absolute Gasteiger partial charge is 0.467 e. The highest BCUT2D eigenvalue weighted by Crippen LogP contribution is 2.33. The number of nitrogens with zero attached hydrogens (tertiary/aromatic N) is 2. The number of alkyl halides is 3. The van der Waals surface area contributed by atoms with Gasteiger partial charge in [0, 0.05) is 11.8 Å². The van der Waals surface area contributed by atoms with Crippen LogP contribution >= 0.6 is 11.6 Å². The van der Waals surface area contributed by atoms with Crippen LogP contribution in [0.15, 0.2) is 54.6 Å². The topological polar surface area (TPSA) is 56.1 Å². The monoisotopic (exact) mass is 409 g/mol. The fraction of sp³-hybridized carbons (Fsp3) is 0.158. The zero-order chi connectivity index (χ0) is 20.3. The first-order valence-corrected chi connectivity index (χ1v) is 8.54. The number of hydrogen-bond donors (Lipinski definition) is 1. The molecule has 146 valence electrons. The summed E-state index contributed by atoms with van der Waals surface area (Å²) in [6.07, 6.45) is -4.67. The molecule has 28 heavy (non-hydrogen) atoms. The highest BCUT2D eigenvalue weighted by Gasteiger charge is 2.36. The Bertz CT molecular complexity index is 1000. The number of benzene rings is 2. The predicted octanol–water partition coefficient (Wildman–Crippen LogP) is 4.87. The number of carbonyl (C=O) groups is 1. The summed E-state index contributed by atoms with van der Waals surface area (Å²) in [6.45, 7) is 1.32. The summed E-state index contributed by atoms with van der Waals surface area (Å²) in [5.41, 5.74) is 0.485. The normalized spacial score (nSPS) is 11.3. The Morgan fingerprint density at radius 2 is 1.86 bits per heavy atom. The van der Waals surface area contributed by atoms with Crippen LogP contribution in [0.2, 0.25) is 5.02 Å². The lowest BCUT2D eigenvalue weighted by Crippen LogP contribution is -2.21. The van der Waals surface area contributed by atoms with Gasteiger partial charge in [-0.25, -0.2) is 0 Å². The molecule has 0 radical (unpaired) electrons. The van der Waals surface area contributed by atoms with E-state index in [4.69, 9.17) is 16.3 Å². The summed E-state index contributed by atoms with van der Waals surface area (Å²) in [5, 5.41) is 6.37. The Morgan fingerprint density at radius 1 is 1.18 bits per heavy atom. The molecule has 0 atom stereocenters. The summed E-state index contributed by atoms with van der Waals surface area (Å²) in [5.74, 6) is -0.768. The molecule has 0 aliphatic rings. The first-order valence-electron chi connectivity index (χ1n) is 8.16. The van der Waals surface area contributed by atoms with Gasteiger partial charge >= 0.3 is 6.18 Å². The van der Waals surface area contributed by atoms with Crippen molar-refractivity contribution in [2.45, 2.75) is 13.1 Å². The number of aryl methyl sites for hydroxylation is 1. The van der Waals surface area contributed by atoms with Gasteiger partial charge < -0.3 is 10.1 Å².